The lowest BCUT2D eigenvalue weighted by Gasteiger charge is -2.18. The summed E-state index contributed by atoms with van der Waals surface area (Å²) < 4.78 is 5.68. The SMILES string of the molecule is C=CC(=O)Nc1cccc(NC2=C(OC)C=NC(=Nc3ccc(NC4CCN(CCC)C4)cc3)C(CC)C2)c1. The lowest BCUT2D eigenvalue weighted by Crippen LogP contribution is -2.26. The first-order valence-corrected chi connectivity index (χ1v) is 13.8. The molecule has 2 aromatic carbocycles. The van der Waals surface area contributed by atoms with E-state index in [-0.39, 0.29) is 11.8 Å². The van der Waals surface area contributed by atoms with Crippen molar-refractivity contribution in [1.29, 1.82) is 0 Å². The van der Waals surface area contributed by atoms with Crippen LogP contribution in [0.3, 0.4) is 0 Å². The minimum absolute atomic E-state index is 0.112. The van der Waals surface area contributed by atoms with Crippen molar-refractivity contribution in [2.75, 3.05) is 42.7 Å². The number of amidine groups is 1. The van der Waals surface area contributed by atoms with Gasteiger partial charge in [-0.2, -0.15) is 0 Å². The predicted molar refractivity (Wildman–Crippen MR) is 162 cm³/mol. The van der Waals surface area contributed by atoms with Crippen molar-refractivity contribution in [2.45, 2.75) is 45.6 Å². The van der Waals surface area contributed by atoms with Gasteiger partial charge < -0.3 is 25.6 Å². The topological polar surface area (TPSA) is 90.3 Å². The van der Waals surface area contributed by atoms with Crippen LogP contribution >= 0.6 is 0 Å². The predicted octanol–water partition coefficient (Wildman–Crippen LogP) is 6.21. The molecule has 0 radical (unpaired) electrons. The Morgan fingerprint density at radius 2 is 1.97 bits per heavy atom. The fourth-order valence-corrected chi connectivity index (χ4v) is 4.99. The number of anilines is 3. The number of allylic oxidation sites excluding steroid dienone is 2. The Hall–Kier alpha value is -3.91. The summed E-state index contributed by atoms with van der Waals surface area (Å²) in [5.41, 5.74) is 4.45. The quantitative estimate of drug-likeness (QED) is 0.302. The van der Waals surface area contributed by atoms with Crippen LogP contribution in [0.25, 0.3) is 0 Å². The first-order valence-electron chi connectivity index (χ1n) is 13.8. The zero-order valence-electron chi connectivity index (χ0n) is 23.2. The van der Waals surface area contributed by atoms with Gasteiger partial charge in [0.1, 0.15) is 5.84 Å². The van der Waals surface area contributed by atoms with Crippen molar-refractivity contribution in [1.82, 2.24) is 4.90 Å². The highest BCUT2D eigenvalue weighted by atomic mass is 16.5. The molecule has 3 N–H and O–H groups in total. The maximum absolute atomic E-state index is 11.7. The normalized spacial score (nSPS) is 20.5. The smallest absolute Gasteiger partial charge is 0.247 e. The second-order valence-corrected chi connectivity index (χ2v) is 9.96. The van der Waals surface area contributed by atoms with Crippen molar-refractivity contribution in [2.24, 2.45) is 15.9 Å². The van der Waals surface area contributed by atoms with Gasteiger partial charge in [0.15, 0.2) is 5.76 Å². The molecule has 1 fully saturated rings. The molecule has 39 heavy (non-hydrogen) atoms. The van der Waals surface area contributed by atoms with Gasteiger partial charge in [0.25, 0.3) is 0 Å². The van der Waals surface area contributed by atoms with Crippen molar-refractivity contribution < 1.29 is 9.53 Å². The van der Waals surface area contributed by atoms with Gasteiger partial charge in [0.05, 0.1) is 24.7 Å². The van der Waals surface area contributed by atoms with Crippen molar-refractivity contribution in [3.8, 4) is 0 Å². The van der Waals surface area contributed by atoms with E-state index in [2.05, 4.69) is 53.4 Å². The van der Waals surface area contributed by atoms with Crippen LogP contribution in [0.5, 0.6) is 0 Å². The van der Waals surface area contributed by atoms with Gasteiger partial charge >= 0.3 is 0 Å². The lowest BCUT2D eigenvalue weighted by atomic mass is 9.98. The third-order valence-corrected chi connectivity index (χ3v) is 7.04. The molecule has 0 aliphatic carbocycles. The number of aliphatic imine (C=N–C) groups is 2. The molecule has 0 spiro atoms. The summed E-state index contributed by atoms with van der Waals surface area (Å²) in [5.74, 6) is 1.30. The van der Waals surface area contributed by atoms with Gasteiger partial charge in [0, 0.05) is 48.5 Å². The number of likely N-dealkylation sites (tertiary alicyclic amines) is 1. The van der Waals surface area contributed by atoms with Crippen LogP contribution in [0.2, 0.25) is 0 Å². The van der Waals surface area contributed by atoms with Gasteiger partial charge in [0.2, 0.25) is 5.91 Å². The Morgan fingerprint density at radius 3 is 2.69 bits per heavy atom. The molecule has 8 heteroatoms. The number of carbonyl (C=O) groups is 1. The van der Waals surface area contributed by atoms with Crippen LogP contribution in [-0.2, 0) is 9.53 Å². The van der Waals surface area contributed by atoms with E-state index in [0.29, 0.717) is 23.9 Å². The van der Waals surface area contributed by atoms with Crippen LogP contribution in [-0.4, -0.2) is 55.6 Å². The fourth-order valence-electron chi connectivity index (χ4n) is 4.99. The highest BCUT2D eigenvalue weighted by Crippen LogP contribution is 2.28. The highest BCUT2D eigenvalue weighted by molar-refractivity contribution is 5.99. The molecule has 2 atom stereocenters. The largest absolute Gasteiger partial charge is 0.493 e. The molecule has 2 heterocycles. The summed E-state index contributed by atoms with van der Waals surface area (Å²) in [6, 6.07) is 16.3. The number of nitrogens with zero attached hydrogens (tertiary/aromatic N) is 3. The number of rotatable bonds is 11. The molecular weight excluding hydrogens is 488 g/mol. The Morgan fingerprint density at radius 1 is 1.18 bits per heavy atom. The van der Waals surface area contributed by atoms with E-state index in [0.717, 1.165) is 41.6 Å². The maximum atomic E-state index is 11.7. The van der Waals surface area contributed by atoms with E-state index in [1.807, 2.05) is 36.4 Å². The molecule has 1 saturated heterocycles. The summed E-state index contributed by atoms with van der Waals surface area (Å²) >= 11 is 0. The molecule has 0 aromatic heterocycles. The van der Waals surface area contributed by atoms with E-state index in [9.17, 15) is 4.79 Å². The molecule has 0 saturated carbocycles. The molecule has 0 bridgehead atoms. The number of amides is 1. The lowest BCUT2D eigenvalue weighted by molar-refractivity contribution is -0.111. The first-order chi connectivity index (χ1) is 19.0. The summed E-state index contributed by atoms with van der Waals surface area (Å²) in [7, 11) is 1.64. The molecule has 2 aliphatic heterocycles. The van der Waals surface area contributed by atoms with Crippen molar-refractivity contribution in [3.05, 3.63) is 72.6 Å². The van der Waals surface area contributed by atoms with Crippen molar-refractivity contribution >= 4 is 40.7 Å². The minimum Gasteiger partial charge on any atom is -0.493 e. The van der Waals surface area contributed by atoms with Crippen LogP contribution in [0.4, 0.5) is 22.7 Å². The summed E-state index contributed by atoms with van der Waals surface area (Å²) in [5, 5.41) is 9.94. The van der Waals surface area contributed by atoms with E-state index < -0.39 is 0 Å². The van der Waals surface area contributed by atoms with Crippen LogP contribution in [0.15, 0.2) is 82.6 Å². The second kappa shape index (κ2) is 13.8. The number of carbonyl (C=O) groups excluding carboxylic acids is 1. The standard InChI is InChI=1S/C31H40N6O2/c1-5-16-37-17-15-27(21-37)33-23-11-13-24(14-12-23)36-31-22(6-2)18-28(29(39-4)20-32-31)34-25-9-8-10-26(19-25)35-30(38)7-3/h7-14,19-20,22,27,33-34H,3,5-6,15-18,21H2,1-2,4H3,(H,35,38). The second-order valence-electron chi connectivity index (χ2n) is 9.96. The average Bonchev–Trinajstić information content (AvgIpc) is 3.31. The van der Waals surface area contributed by atoms with E-state index in [4.69, 9.17) is 14.7 Å². The number of hydrogen-bond acceptors (Lipinski definition) is 6. The molecule has 2 unspecified atom stereocenters. The molecule has 1 amide bonds. The summed E-state index contributed by atoms with van der Waals surface area (Å²) in [6.45, 7) is 11.3. The Balaban J connectivity index is 1.44. The van der Waals surface area contributed by atoms with Crippen LogP contribution in [0.1, 0.15) is 39.5 Å². The van der Waals surface area contributed by atoms with Gasteiger partial charge in [-0.15, -0.1) is 0 Å². The van der Waals surface area contributed by atoms with Gasteiger partial charge in [-0.05, 0) is 74.3 Å². The van der Waals surface area contributed by atoms with Gasteiger partial charge in [-0.3, -0.25) is 4.79 Å². The molecule has 2 aromatic rings. The summed E-state index contributed by atoms with van der Waals surface area (Å²) in [6.07, 6.45) is 6.93. The van der Waals surface area contributed by atoms with E-state index >= 15 is 0 Å². The first kappa shape index (κ1) is 28.1. The number of ether oxygens (including phenoxy) is 1. The highest BCUT2D eigenvalue weighted by Gasteiger charge is 2.23. The minimum atomic E-state index is -0.251. The third kappa shape index (κ3) is 7.80. The number of methoxy groups -OCH3 is 1. The number of benzene rings is 2. The van der Waals surface area contributed by atoms with Gasteiger partial charge in [-0.25, -0.2) is 9.98 Å². The average molecular weight is 529 g/mol. The molecule has 4 rings (SSSR count). The molecule has 206 valence electrons. The van der Waals surface area contributed by atoms with Gasteiger partial charge in [-0.1, -0.05) is 26.5 Å². The molecular formula is C31H40N6O2. The Labute approximate surface area is 232 Å². The Kier molecular flexibility index (Phi) is 9.91. The molecule has 2 aliphatic rings. The number of nitrogens with one attached hydrogen (secondary N) is 3. The fraction of sp³-hybridized carbons (Fsp3) is 0.387. The van der Waals surface area contributed by atoms with E-state index in [1.165, 1.54) is 32.0 Å². The van der Waals surface area contributed by atoms with E-state index in [1.54, 1.807) is 13.3 Å². The summed E-state index contributed by atoms with van der Waals surface area (Å²) in [4.78, 5) is 23.9. The maximum Gasteiger partial charge on any atom is 0.247 e. The monoisotopic (exact) mass is 528 g/mol. The van der Waals surface area contributed by atoms with Crippen LogP contribution < -0.4 is 16.0 Å². The molecule has 8 nitrogen and oxygen atoms in total. The zero-order valence-corrected chi connectivity index (χ0v) is 23.2. The van der Waals surface area contributed by atoms with Crippen molar-refractivity contribution in [3.63, 3.8) is 0 Å². The number of hydrogen-bond donors (Lipinski definition) is 3. The third-order valence-electron chi connectivity index (χ3n) is 7.04. The Bertz CT molecular complexity index is 1230. The zero-order chi connectivity index (χ0) is 27.6. The van der Waals surface area contributed by atoms with Crippen LogP contribution in [0, 0.1) is 5.92 Å².